The average Bonchev–Trinajstić information content (AvgIpc) is 2.28. The molecule has 0 spiro atoms. The van der Waals surface area contributed by atoms with Gasteiger partial charge in [-0.15, -0.1) is 0 Å². The number of hydrogen-bond acceptors (Lipinski definition) is 4. The zero-order valence-corrected chi connectivity index (χ0v) is 11.1. The highest BCUT2D eigenvalue weighted by Crippen LogP contribution is 2.27. The first kappa shape index (κ1) is 13.6. The zero-order valence-electron chi connectivity index (χ0n) is 9.48. The molecule has 1 rings (SSSR count). The Hall–Kier alpha value is -0.450. The first-order valence-electron chi connectivity index (χ1n) is 5.25. The normalized spacial score (nSPS) is 14.8. The molecule has 0 aliphatic heterocycles. The monoisotopic (exact) mass is 260 g/mol. The van der Waals surface area contributed by atoms with Crippen molar-refractivity contribution in [1.82, 2.24) is 4.98 Å². The highest BCUT2D eigenvalue weighted by Gasteiger charge is 2.14. The molecular weight excluding hydrogens is 244 g/mol. The number of aliphatic hydroxyl groups is 1. The van der Waals surface area contributed by atoms with Gasteiger partial charge in [-0.1, -0.05) is 25.4 Å². The Balaban J connectivity index is 2.65. The van der Waals surface area contributed by atoms with Gasteiger partial charge in [0.15, 0.2) is 0 Å². The summed E-state index contributed by atoms with van der Waals surface area (Å²) in [5.74, 6) is 0.961. The number of nitrogen functional groups attached to an aromatic ring is 1. The predicted molar refractivity (Wildman–Crippen MR) is 70.8 cm³/mol. The molecule has 0 aliphatic rings. The number of anilines is 1. The smallest absolute Gasteiger partial charge is 0.129 e. The third kappa shape index (κ3) is 3.85. The lowest BCUT2D eigenvalue weighted by atomic mass is 10.1. The van der Waals surface area contributed by atoms with E-state index in [9.17, 15) is 5.11 Å². The molecule has 2 unspecified atom stereocenters. The van der Waals surface area contributed by atoms with Gasteiger partial charge in [0.25, 0.3) is 0 Å². The lowest BCUT2D eigenvalue weighted by Crippen LogP contribution is -2.08. The Labute approximate surface area is 105 Å². The van der Waals surface area contributed by atoms with Crippen molar-refractivity contribution < 1.29 is 5.11 Å². The van der Waals surface area contributed by atoms with Crippen LogP contribution in [0.25, 0.3) is 0 Å². The summed E-state index contributed by atoms with van der Waals surface area (Å²) in [6, 6.07) is 1.67. The van der Waals surface area contributed by atoms with Crippen molar-refractivity contribution in [3.05, 3.63) is 22.8 Å². The van der Waals surface area contributed by atoms with Gasteiger partial charge in [0.1, 0.15) is 5.82 Å². The van der Waals surface area contributed by atoms with Crippen LogP contribution in [0.3, 0.4) is 0 Å². The number of nitrogens with two attached hydrogens (primary N) is 1. The average molecular weight is 261 g/mol. The van der Waals surface area contributed by atoms with E-state index in [0.717, 1.165) is 6.42 Å². The number of halogens is 1. The molecule has 0 fully saturated rings. The fourth-order valence-corrected chi connectivity index (χ4v) is 2.29. The Bertz CT molecular complexity index is 349. The Kier molecular flexibility index (Phi) is 5.38. The van der Waals surface area contributed by atoms with Gasteiger partial charge in [-0.25, -0.2) is 4.98 Å². The van der Waals surface area contributed by atoms with E-state index in [2.05, 4.69) is 18.8 Å². The number of pyridine rings is 1. The fraction of sp³-hybridized carbons (Fsp3) is 0.545. The lowest BCUT2D eigenvalue weighted by molar-refractivity contribution is 0.204. The second-order valence-electron chi connectivity index (χ2n) is 3.70. The van der Waals surface area contributed by atoms with E-state index in [4.69, 9.17) is 17.3 Å². The van der Waals surface area contributed by atoms with Crippen LogP contribution in [0.1, 0.15) is 31.9 Å². The van der Waals surface area contributed by atoms with Crippen molar-refractivity contribution in [2.75, 3.05) is 11.5 Å². The van der Waals surface area contributed by atoms with Crippen LogP contribution in [-0.4, -0.2) is 21.1 Å². The van der Waals surface area contributed by atoms with Gasteiger partial charge < -0.3 is 10.8 Å². The second-order valence-corrected chi connectivity index (χ2v) is 5.60. The van der Waals surface area contributed by atoms with Crippen molar-refractivity contribution in [3.63, 3.8) is 0 Å². The summed E-state index contributed by atoms with van der Waals surface area (Å²) in [6.45, 7) is 4.26. The van der Waals surface area contributed by atoms with Crippen molar-refractivity contribution in [2.24, 2.45) is 0 Å². The summed E-state index contributed by atoms with van der Waals surface area (Å²) in [4.78, 5) is 3.92. The minimum absolute atomic E-state index is 0.349. The summed E-state index contributed by atoms with van der Waals surface area (Å²) < 4.78 is 0. The van der Waals surface area contributed by atoms with Gasteiger partial charge in [-0.2, -0.15) is 11.8 Å². The molecule has 0 amide bonds. The molecule has 0 radical (unpaired) electrons. The van der Waals surface area contributed by atoms with Gasteiger partial charge in [-0.3, -0.25) is 0 Å². The van der Waals surface area contributed by atoms with Gasteiger partial charge in [-0.05, 0) is 12.5 Å². The van der Waals surface area contributed by atoms with Gasteiger partial charge in [0.2, 0.25) is 0 Å². The number of rotatable bonds is 5. The van der Waals surface area contributed by atoms with Crippen LogP contribution in [0.5, 0.6) is 0 Å². The van der Waals surface area contributed by atoms with Crippen LogP contribution >= 0.6 is 23.4 Å². The molecule has 0 saturated carbocycles. The van der Waals surface area contributed by atoms with Crippen LogP contribution in [0.15, 0.2) is 12.3 Å². The molecule has 0 saturated heterocycles. The number of hydrogen-bond donors (Lipinski definition) is 2. The van der Waals surface area contributed by atoms with E-state index in [-0.39, 0.29) is 0 Å². The van der Waals surface area contributed by atoms with Crippen LogP contribution < -0.4 is 5.73 Å². The van der Waals surface area contributed by atoms with Crippen molar-refractivity contribution in [1.29, 1.82) is 0 Å². The minimum atomic E-state index is -0.606. The molecule has 2 atom stereocenters. The molecule has 1 aromatic heterocycles. The van der Waals surface area contributed by atoms with E-state index in [1.807, 2.05) is 0 Å². The first-order valence-corrected chi connectivity index (χ1v) is 6.67. The molecule has 90 valence electrons. The van der Waals surface area contributed by atoms with Crippen molar-refractivity contribution in [3.8, 4) is 0 Å². The molecule has 1 aromatic rings. The molecule has 0 bridgehead atoms. The standard InChI is InChI=1S/C11H17ClN2OS/c1-3-7(2)16-6-10(15)9-4-8(12)5-14-11(9)13/h4-5,7,10,15H,3,6H2,1-2H3,(H2,13,14). The van der Waals surface area contributed by atoms with Gasteiger partial charge in [0, 0.05) is 22.8 Å². The minimum Gasteiger partial charge on any atom is -0.387 e. The number of thioether (sulfide) groups is 1. The summed E-state index contributed by atoms with van der Waals surface area (Å²) >= 11 is 7.53. The summed E-state index contributed by atoms with van der Waals surface area (Å²) in [7, 11) is 0. The molecule has 0 aromatic carbocycles. The highest BCUT2D eigenvalue weighted by molar-refractivity contribution is 7.99. The number of aromatic nitrogens is 1. The van der Waals surface area contributed by atoms with Crippen LogP contribution in [-0.2, 0) is 0 Å². The molecule has 3 nitrogen and oxygen atoms in total. The maximum Gasteiger partial charge on any atom is 0.129 e. The number of nitrogens with zero attached hydrogens (tertiary/aromatic N) is 1. The Morgan fingerprint density at radius 1 is 1.62 bits per heavy atom. The van der Waals surface area contributed by atoms with Crippen LogP contribution in [0, 0.1) is 0 Å². The predicted octanol–water partition coefficient (Wildman–Crippen LogP) is 2.88. The Morgan fingerprint density at radius 3 is 2.94 bits per heavy atom. The maximum atomic E-state index is 9.97. The van der Waals surface area contributed by atoms with E-state index in [1.54, 1.807) is 17.8 Å². The molecule has 3 N–H and O–H groups in total. The summed E-state index contributed by atoms with van der Waals surface area (Å²) in [5, 5.41) is 11.0. The summed E-state index contributed by atoms with van der Waals surface area (Å²) in [5.41, 5.74) is 6.30. The third-order valence-corrected chi connectivity index (χ3v) is 4.01. The Morgan fingerprint density at radius 2 is 2.31 bits per heavy atom. The maximum absolute atomic E-state index is 9.97. The third-order valence-electron chi connectivity index (χ3n) is 2.39. The molecule has 0 aliphatic carbocycles. The van der Waals surface area contributed by atoms with Crippen LogP contribution in [0.2, 0.25) is 5.02 Å². The molecular formula is C11H17ClN2OS. The van der Waals surface area contributed by atoms with E-state index in [0.29, 0.717) is 27.4 Å². The zero-order chi connectivity index (χ0) is 12.1. The SMILES string of the molecule is CCC(C)SCC(O)c1cc(Cl)cnc1N. The first-order chi connectivity index (χ1) is 7.54. The van der Waals surface area contributed by atoms with E-state index >= 15 is 0 Å². The fourth-order valence-electron chi connectivity index (χ4n) is 1.20. The van der Waals surface area contributed by atoms with Crippen molar-refractivity contribution >= 4 is 29.2 Å². The topological polar surface area (TPSA) is 59.1 Å². The largest absolute Gasteiger partial charge is 0.387 e. The number of aliphatic hydroxyl groups excluding tert-OH is 1. The lowest BCUT2D eigenvalue weighted by Gasteiger charge is -2.15. The molecule has 5 heteroatoms. The van der Waals surface area contributed by atoms with Gasteiger partial charge in [0.05, 0.1) is 11.1 Å². The van der Waals surface area contributed by atoms with Crippen molar-refractivity contribution in [2.45, 2.75) is 31.6 Å². The van der Waals surface area contributed by atoms with Crippen LogP contribution in [0.4, 0.5) is 5.82 Å². The van der Waals surface area contributed by atoms with Gasteiger partial charge >= 0.3 is 0 Å². The summed E-state index contributed by atoms with van der Waals surface area (Å²) in [6.07, 6.45) is 1.96. The second kappa shape index (κ2) is 6.33. The van der Waals surface area contributed by atoms with E-state index < -0.39 is 6.10 Å². The molecule has 1 heterocycles. The highest BCUT2D eigenvalue weighted by atomic mass is 35.5. The molecule has 16 heavy (non-hydrogen) atoms. The van der Waals surface area contributed by atoms with E-state index in [1.165, 1.54) is 6.20 Å². The quantitative estimate of drug-likeness (QED) is 0.855.